The zero-order chi connectivity index (χ0) is 21.9. The van der Waals surface area contributed by atoms with E-state index in [-0.39, 0.29) is 29.4 Å². The van der Waals surface area contributed by atoms with Gasteiger partial charge in [-0.2, -0.15) is 0 Å². The van der Waals surface area contributed by atoms with E-state index in [1.165, 1.54) is 34.8 Å². The number of rotatable bonds is 3. The van der Waals surface area contributed by atoms with Crippen LogP contribution in [0, 0.1) is 17.7 Å². The van der Waals surface area contributed by atoms with Crippen molar-refractivity contribution in [2.75, 3.05) is 31.1 Å². The summed E-state index contributed by atoms with van der Waals surface area (Å²) in [5.41, 5.74) is -0.418. The van der Waals surface area contributed by atoms with E-state index >= 15 is 0 Å². The van der Waals surface area contributed by atoms with Gasteiger partial charge in [0.1, 0.15) is 18.2 Å². The minimum Gasteiger partial charge on any atom is -0.356 e. The van der Waals surface area contributed by atoms with Gasteiger partial charge < -0.3 is 14.4 Å². The lowest BCUT2D eigenvalue weighted by molar-refractivity contribution is -0.131. The number of aromatic nitrogens is 5. The number of pyridine rings is 1. The van der Waals surface area contributed by atoms with Crippen LogP contribution in [-0.2, 0) is 25.4 Å². The normalized spacial score (nSPS) is 20.6. The first-order chi connectivity index (χ1) is 14.8. The number of carbonyl (C=O) groups is 1. The molecule has 0 aromatic carbocycles. The number of likely N-dealkylation sites (tertiary alicyclic amines) is 1. The number of halogens is 1. The van der Waals surface area contributed by atoms with Crippen molar-refractivity contribution in [1.29, 1.82) is 0 Å². The van der Waals surface area contributed by atoms with Crippen molar-refractivity contribution in [3.8, 4) is 0 Å². The van der Waals surface area contributed by atoms with E-state index in [2.05, 4.69) is 14.9 Å². The fourth-order valence-corrected chi connectivity index (χ4v) is 4.70. The standard InChI is InChI=1S/C20H22FN7O3/c1-24-18-17(19(30)25(2)20(24)31)28(11-23-18)10-16(29)27-8-12-6-26(7-13(12)9-27)15-4-3-14(21)5-22-15/h3-5,11-13H,6-10H2,1-2H3. The van der Waals surface area contributed by atoms with Crippen LogP contribution in [0.25, 0.3) is 11.2 Å². The molecule has 2 aliphatic heterocycles. The van der Waals surface area contributed by atoms with E-state index in [0.717, 1.165) is 23.5 Å². The van der Waals surface area contributed by atoms with Crippen LogP contribution in [0.3, 0.4) is 0 Å². The fourth-order valence-electron chi connectivity index (χ4n) is 4.70. The van der Waals surface area contributed by atoms with E-state index in [1.807, 2.05) is 4.90 Å². The number of hydrogen-bond acceptors (Lipinski definition) is 6. The first kappa shape index (κ1) is 19.5. The summed E-state index contributed by atoms with van der Waals surface area (Å²) in [4.78, 5) is 49.9. The monoisotopic (exact) mass is 427 g/mol. The molecule has 0 saturated carbocycles. The summed E-state index contributed by atoms with van der Waals surface area (Å²) in [6.07, 6.45) is 2.65. The molecule has 162 valence electrons. The molecule has 0 spiro atoms. The van der Waals surface area contributed by atoms with Gasteiger partial charge >= 0.3 is 5.69 Å². The second-order valence-electron chi connectivity index (χ2n) is 8.31. The maximum atomic E-state index is 13.1. The summed E-state index contributed by atoms with van der Waals surface area (Å²) in [6, 6.07) is 3.08. The molecule has 2 fully saturated rings. The van der Waals surface area contributed by atoms with Gasteiger partial charge in [0.25, 0.3) is 5.56 Å². The molecule has 2 atom stereocenters. The summed E-state index contributed by atoms with van der Waals surface area (Å²) < 4.78 is 17.0. The van der Waals surface area contributed by atoms with Gasteiger partial charge in [-0.15, -0.1) is 0 Å². The van der Waals surface area contributed by atoms with Gasteiger partial charge in [0, 0.05) is 52.1 Å². The van der Waals surface area contributed by atoms with Crippen molar-refractivity contribution in [3.63, 3.8) is 0 Å². The molecular weight excluding hydrogens is 405 g/mol. The highest BCUT2D eigenvalue weighted by molar-refractivity contribution is 5.79. The quantitative estimate of drug-likeness (QED) is 0.562. The summed E-state index contributed by atoms with van der Waals surface area (Å²) >= 11 is 0. The maximum Gasteiger partial charge on any atom is 0.332 e. The molecule has 2 saturated heterocycles. The van der Waals surface area contributed by atoms with E-state index < -0.39 is 11.2 Å². The Morgan fingerprint density at radius 2 is 1.77 bits per heavy atom. The van der Waals surface area contributed by atoms with Gasteiger partial charge in [0.2, 0.25) is 5.91 Å². The zero-order valence-electron chi connectivity index (χ0n) is 17.2. The van der Waals surface area contributed by atoms with E-state index in [1.54, 1.807) is 13.1 Å². The molecule has 3 aromatic heterocycles. The van der Waals surface area contributed by atoms with Crippen LogP contribution in [-0.4, -0.2) is 60.7 Å². The second kappa shape index (κ2) is 7.03. The minimum atomic E-state index is -0.468. The number of aryl methyl sites for hydroxylation is 1. The summed E-state index contributed by atoms with van der Waals surface area (Å²) in [6.45, 7) is 2.79. The molecule has 0 aliphatic carbocycles. The Kier molecular flexibility index (Phi) is 4.42. The molecule has 31 heavy (non-hydrogen) atoms. The highest BCUT2D eigenvalue weighted by Gasteiger charge is 2.42. The molecule has 5 heterocycles. The number of hydrogen-bond donors (Lipinski definition) is 0. The molecule has 11 heteroatoms. The van der Waals surface area contributed by atoms with Crippen LogP contribution >= 0.6 is 0 Å². The Hall–Kier alpha value is -3.50. The lowest BCUT2D eigenvalue weighted by Crippen LogP contribution is -2.38. The van der Waals surface area contributed by atoms with Crippen molar-refractivity contribution in [3.05, 3.63) is 51.3 Å². The molecule has 0 N–H and O–H groups in total. The van der Waals surface area contributed by atoms with Crippen molar-refractivity contribution in [2.45, 2.75) is 6.54 Å². The number of fused-ring (bicyclic) bond motifs is 2. The summed E-state index contributed by atoms with van der Waals surface area (Å²) in [5.74, 6) is 0.950. The van der Waals surface area contributed by atoms with Crippen molar-refractivity contribution < 1.29 is 9.18 Å². The zero-order valence-corrected chi connectivity index (χ0v) is 17.2. The van der Waals surface area contributed by atoms with Crippen LogP contribution in [0.1, 0.15) is 0 Å². The van der Waals surface area contributed by atoms with Gasteiger partial charge in [-0.1, -0.05) is 0 Å². The molecule has 10 nitrogen and oxygen atoms in total. The Morgan fingerprint density at radius 1 is 1.06 bits per heavy atom. The van der Waals surface area contributed by atoms with Crippen LogP contribution in [0.15, 0.2) is 34.2 Å². The van der Waals surface area contributed by atoms with Crippen LogP contribution in [0.2, 0.25) is 0 Å². The predicted octanol–water partition coefficient (Wildman–Crippen LogP) is -0.437. The third-order valence-corrected chi connectivity index (χ3v) is 6.40. The lowest BCUT2D eigenvalue weighted by atomic mass is 10.0. The van der Waals surface area contributed by atoms with Crippen LogP contribution in [0.4, 0.5) is 10.2 Å². The molecule has 2 aliphatic rings. The molecule has 0 bridgehead atoms. The number of nitrogens with zero attached hydrogens (tertiary/aromatic N) is 7. The largest absolute Gasteiger partial charge is 0.356 e. The number of amides is 1. The van der Waals surface area contributed by atoms with Crippen LogP contribution in [0.5, 0.6) is 0 Å². The first-order valence-corrected chi connectivity index (χ1v) is 10.1. The van der Waals surface area contributed by atoms with Gasteiger partial charge in [-0.25, -0.2) is 19.2 Å². The molecule has 2 unspecified atom stereocenters. The van der Waals surface area contributed by atoms with E-state index in [9.17, 15) is 18.8 Å². The van der Waals surface area contributed by atoms with E-state index in [0.29, 0.717) is 24.9 Å². The number of carbonyl (C=O) groups excluding carboxylic acids is 1. The Morgan fingerprint density at radius 3 is 2.42 bits per heavy atom. The molecule has 5 rings (SSSR count). The van der Waals surface area contributed by atoms with Gasteiger partial charge in [-0.05, 0) is 12.1 Å². The number of imidazole rings is 1. The van der Waals surface area contributed by atoms with Crippen molar-refractivity contribution in [2.24, 2.45) is 25.9 Å². The Balaban J connectivity index is 1.30. The Bertz CT molecular complexity index is 1280. The second-order valence-corrected chi connectivity index (χ2v) is 8.31. The molecule has 0 radical (unpaired) electrons. The Labute approximate surface area is 176 Å². The SMILES string of the molecule is Cn1c(=O)c2c(ncn2CC(=O)N2CC3CN(c4ccc(F)cn4)CC3C2)n(C)c1=O. The average molecular weight is 427 g/mol. The third kappa shape index (κ3) is 3.11. The summed E-state index contributed by atoms with van der Waals surface area (Å²) in [5, 5.41) is 0. The fraction of sp³-hybridized carbons (Fsp3) is 0.450. The maximum absolute atomic E-state index is 13.1. The van der Waals surface area contributed by atoms with Gasteiger partial charge in [0.05, 0.1) is 12.5 Å². The average Bonchev–Trinajstić information content (AvgIpc) is 3.44. The topological polar surface area (TPSA) is 98.3 Å². The smallest absolute Gasteiger partial charge is 0.332 e. The molecule has 3 aromatic rings. The van der Waals surface area contributed by atoms with E-state index in [4.69, 9.17) is 0 Å². The number of anilines is 1. The van der Waals surface area contributed by atoms with Crippen molar-refractivity contribution in [1.82, 2.24) is 28.6 Å². The minimum absolute atomic E-state index is 0.00733. The predicted molar refractivity (Wildman–Crippen MR) is 110 cm³/mol. The van der Waals surface area contributed by atoms with Crippen molar-refractivity contribution >= 4 is 22.9 Å². The highest BCUT2D eigenvalue weighted by Crippen LogP contribution is 2.33. The third-order valence-electron chi connectivity index (χ3n) is 6.40. The first-order valence-electron chi connectivity index (χ1n) is 10.1. The van der Waals surface area contributed by atoms with Crippen LogP contribution < -0.4 is 16.1 Å². The molecular formula is C20H22FN7O3. The lowest BCUT2D eigenvalue weighted by Gasteiger charge is -2.22. The molecule has 1 amide bonds. The van der Waals surface area contributed by atoms with Gasteiger partial charge in [-0.3, -0.25) is 18.7 Å². The summed E-state index contributed by atoms with van der Waals surface area (Å²) in [7, 11) is 2.96. The highest BCUT2D eigenvalue weighted by atomic mass is 19.1. The van der Waals surface area contributed by atoms with Gasteiger partial charge in [0.15, 0.2) is 11.2 Å².